The van der Waals surface area contributed by atoms with Crippen LogP contribution in [0, 0.1) is 0 Å². The minimum Gasteiger partial charge on any atom is -0.308 e. The van der Waals surface area contributed by atoms with Gasteiger partial charge in [-0.1, -0.05) is 152 Å². The summed E-state index contributed by atoms with van der Waals surface area (Å²) in [5.74, 6) is 0.708. The molecule has 0 aliphatic rings. The second-order valence-corrected chi connectivity index (χ2v) is 14.6. The van der Waals surface area contributed by atoms with Gasteiger partial charge in [0, 0.05) is 48.8 Å². The fraction of sp³-hybridized carbons (Fsp3) is 0. The van der Waals surface area contributed by atoms with Crippen molar-refractivity contribution in [3.63, 3.8) is 0 Å². The van der Waals surface area contributed by atoms with E-state index in [2.05, 4.69) is 150 Å². The molecule has 0 bridgehead atoms. The normalized spacial score (nSPS) is 11.7. The monoisotopic (exact) mass is 706 g/mol. The van der Waals surface area contributed by atoms with Crippen molar-refractivity contribution in [3.8, 4) is 50.8 Å². The Hall–Kier alpha value is -6.95. The van der Waals surface area contributed by atoms with Crippen molar-refractivity contribution < 1.29 is 0 Å². The van der Waals surface area contributed by atoms with Gasteiger partial charge in [-0.2, -0.15) is 0 Å². The number of benzene rings is 7. The van der Waals surface area contributed by atoms with Crippen molar-refractivity contribution in [1.29, 1.82) is 0 Å². The van der Waals surface area contributed by atoms with Crippen LogP contribution in [-0.2, 0) is 0 Å². The van der Waals surface area contributed by atoms with Crippen molar-refractivity contribution in [1.82, 2.24) is 19.5 Å². The average Bonchev–Trinajstić information content (AvgIpc) is 3.79. The summed E-state index contributed by atoms with van der Waals surface area (Å²) in [4.78, 5) is 15.6. The Kier molecular flexibility index (Phi) is 7.00. The lowest BCUT2D eigenvalue weighted by atomic mass is 9.98. The summed E-state index contributed by atoms with van der Waals surface area (Å²) in [6, 6.07) is 64.0. The number of hydrogen-bond donors (Lipinski definition) is 0. The quantitative estimate of drug-likeness (QED) is 0.179. The maximum absolute atomic E-state index is 5.45. The lowest BCUT2D eigenvalue weighted by Gasteiger charge is -2.13. The molecule has 0 amide bonds. The smallest absolute Gasteiger partial charge is 0.160 e. The number of thiophene rings is 1. The zero-order valence-corrected chi connectivity index (χ0v) is 29.8. The van der Waals surface area contributed by atoms with E-state index in [9.17, 15) is 0 Å². The number of aromatic nitrogens is 4. The molecule has 5 heteroatoms. The van der Waals surface area contributed by atoms with Gasteiger partial charge >= 0.3 is 0 Å². The number of nitrogens with zero attached hydrogens (tertiary/aromatic N) is 4. The molecule has 4 heterocycles. The maximum Gasteiger partial charge on any atom is 0.160 e. The fourth-order valence-electron chi connectivity index (χ4n) is 7.89. The van der Waals surface area contributed by atoms with Crippen LogP contribution in [0.3, 0.4) is 0 Å². The average molecular weight is 707 g/mol. The highest BCUT2D eigenvalue weighted by molar-refractivity contribution is 7.27. The summed E-state index contributed by atoms with van der Waals surface area (Å²) >= 11 is 1.87. The van der Waals surface area contributed by atoms with Crippen LogP contribution in [0.2, 0.25) is 0 Å². The van der Waals surface area contributed by atoms with Crippen LogP contribution in [0.25, 0.3) is 104 Å². The molecular formula is C49H30N4S. The predicted molar refractivity (Wildman–Crippen MR) is 226 cm³/mol. The van der Waals surface area contributed by atoms with Gasteiger partial charge in [0.2, 0.25) is 0 Å². The maximum atomic E-state index is 5.45. The van der Waals surface area contributed by atoms with Gasteiger partial charge in [-0.25, -0.2) is 15.0 Å². The highest BCUT2D eigenvalue weighted by Crippen LogP contribution is 2.48. The molecule has 4 nitrogen and oxygen atoms in total. The minimum absolute atomic E-state index is 0.708. The Bertz CT molecular complexity index is 3140. The van der Waals surface area contributed by atoms with Gasteiger partial charge in [0.05, 0.1) is 38.3 Å². The van der Waals surface area contributed by atoms with Crippen LogP contribution >= 0.6 is 11.3 Å². The largest absolute Gasteiger partial charge is 0.308 e. The molecule has 0 fully saturated rings. The number of rotatable bonds is 5. The summed E-state index contributed by atoms with van der Waals surface area (Å²) in [6.07, 6.45) is 0. The lowest BCUT2D eigenvalue weighted by molar-refractivity contribution is 1.17. The first-order valence-corrected chi connectivity index (χ1v) is 18.9. The molecule has 4 aromatic heterocycles. The third kappa shape index (κ3) is 4.86. The molecule has 0 unspecified atom stereocenters. The zero-order valence-electron chi connectivity index (χ0n) is 29.0. The molecular weight excluding hydrogens is 677 g/mol. The van der Waals surface area contributed by atoms with Gasteiger partial charge < -0.3 is 4.57 Å². The highest BCUT2D eigenvalue weighted by atomic mass is 32.1. The molecule has 0 N–H and O–H groups in total. The van der Waals surface area contributed by atoms with E-state index in [1.807, 2.05) is 47.7 Å². The third-order valence-electron chi connectivity index (χ3n) is 10.4. The molecule has 0 saturated heterocycles. The molecule has 0 aliphatic heterocycles. The van der Waals surface area contributed by atoms with Crippen LogP contribution in [0.4, 0.5) is 0 Å². The van der Waals surface area contributed by atoms with E-state index in [0.29, 0.717) is 5.82 Å². The molecule has 54 heavy (non-hydrogen) atoms. The van der Waals surface area contributed by atoms with Crippen molar-refractivity contribution in [2.75, 3.05) is 0 Å². The molecule has 0 saturated carbocycles. The molecule has 0 spiro atoms. The molecule has 0 atom stereocenters. The van der Waals surface area contributed by atoms with E-state index in [1.54, 1.807) is 0 Å². The van der Waals surface area contributed by atoms with E-state index < -0.39 is 0 Å². The number of hydrogen-bond acceptors (Lipinski definition) is 4. The zero-order chi connectivity index (χ0) is 35.6. The minimum atomic E-state index is 0.708. The second-order valence-electron chi connectivity index (χ2n) is 13.6. The topological polar surface area (TPSA) is 43.6 Å². The first-order chi connectivity index (χ1) is 26.8. The van der Waals surface area contributed by atoms with Crippen molar-refractivity contribution in [3.05, 3.63) is 182 Å². The van der Waals surface area contributed by atoms with Gasteiger partial charge in [-0.15, -0.1) is 11.3 Å². The first kappa shape index (κ1) is 30.7. The van der Waals surface area contributed by atoms with Gasteiger partial charge in [-0.05, 0) is 41.1 Å². The Morgan fingerprint density at radius 1 is 0.444 bits per heavy atom. The number of fused-ring (bicyclic) bond motifs is 8. The van der Waals surface area contributed by atoms with E-state index in [0.717, 1.165) is 50.5 Å². The molecule has 11 rings (SSSR count). The summed E-state index contributed by atoms with van der Waals surface area (Å²) in [5, 5.41) is 6.00. The van der Waals surface area contributed by atoms with Crippen molar-refractivity contribution in [2.24, 2.45) is 0 Å². The molecule has 7 aromatic carbocycles. The van der Waals surface area contributed by atoms with Gasteiger partial charge in [-0.3, -0.25) is 0 Å². The highest BCUT2D eigenvalue weighted by Gasteiger charge is 2.24. The van der Waals surface area contributed by atoms with Gasteiger partial charge in [0.25, 0.3) is 0 Å². The Labute approximate surface area is 315 Å². The van der Waals surface area contributed by atoms with Gasteiger partial charge in [0.1, 0.15) is 0 Å². The summed E-state index contributed by atoms with van der Waals surface area (Å²) in [5.41, 5.74) is 11.5. The van der Waals surface area contributed by atoms with Crippen LogP contribution < -0.4 is 0 Å². The van der Waals surface area contributed by atoms with Gasteiger partial charge in [0.15, 0.2) is 5.82 Å². The standard InChI is InChI=1S/C49H30N4S/c1-3-15-32(16-4-1)41-30-42(52-49(51-41)34-17-5-2-6-18-34)33-26-28-35(29-27-33)53-43-25-12-10-22-39(43)48-46(53)44-45(37-23-13-19-31-14-7-8-20-36(31)37)50-40-24-11-9-21-38(40)47(44)54-48/h1-30H. The Morgan fingerprint density at radius 2 is 1.06 bits per heavy atom. The lowest BCUT2D eigenvalue weighted by Crippen LogP contribution is -1.97. The van der Waals surface area contributed by atoms with Crippen LogP contribution in [0.1, 0.15) is 0 Å². The van der Waals surface area contributed by atoms with E-state index >= 15 is 0 Å². The second kappa shape index (κ2) is 12.3. The van der Waals surface area contributed by atoms with E-state index in [-0.39, 0.29) is 0 Å². The van der Waals surface area contributed by atoms with E-state index in [4.69, 9.17) is 15.0 Å². The van der Waals surface area contributed by atoms with Crippen molar-refractivity contribution in [2.45, 2.75) is 0 Å². The third-order valence-corrected chi connectivity index (χ3v) is 11.7. The summed E-state index contributed by atoms with van der Waals surface area (Å²) in [7, 11) is 0. The summed E-state index contributed by atoms with van der Waals surface area (Å²) in [6.45, 7) is 0. The molecule has 0 radical (unpaired) electrons. The van der Waals surface area contributed by atoms with E-state index in [1.165, 1.54) is 47.4 Å². The molecule has 11 aromatic rings. The Morgan fingerprint density at radius 3 is 1.83 bits per heavy atom. The van der Waals surface area contributed by atoms with Crippen LogP contribution in [0.5, 0.6) is 0 Å². The Balaban J connectivity index is 1.15. The SMILES string of the molecule is c1ccc(-c2cc(-c3ccc(-n4c5ccccc5c5sc6c7ccccc7nc(-c7cccc8ccccc78)c6c54)cc3)nc(-c3ccccc3)n2)cc1. The molecule has 0 aliphatic carbocycles. The number of pyridine rings is 1. The fourth-order valence-corrected chi connectivity index (χ4v) is 9.25. The predicted octanol–water partition coefficient (Wildman–Crippen LogP) is 13.2. The first-order valence-electron chi connectivity index (χ1n) is 18.1. The van der Waals surface area contributed by atoms with Crippen molar-refractivity contribution >= 4 is 64.2 Å². The molecule has 252 valence electrons. The summed E-state index contributed by atoms with van der Waals surface area (Å²) < 4.78 is 4.95. The van der Waals surface area contributed by atoms with Crippen LogP contribution in [0.15, 0.2) is 182 Å². The van der Waals surface area contributed by atoms with Crippen LogP contribution in [-0.4, -0.2) is 19.5 Å². The number of para-hydroxylation sites is 2.